The largest absolute Gasteiger partial charge is 0.416 e. The van der Waals surface area contributed by atoms with Crippen LogP contribution in [-0.4, -0.2) is 18.3 Å². The van der Waals surface area contributed by atoms with Gasteiger partial charge in [-0.25, -0.2) is 13.2 Å². The van der Waals surface area contributed by atoms with Gasteiger partial charge in [-0.1, -0.05) is 51.2 Å². The maximum atomic E-state index is 14.6. The van der Waals surface area contributed by atoms with E-state index in [9.17, 15) is 31.1 Å². The van der Waals surface area contributed by atoms with E-state index in [1.165, 1.54) is 24.3 Å². The van der Waals surface area contributed by atoms with Gasteiger partial charge < -0.3 is 16.4 Å². The van der Waals surface area contributed by atoms with E-state index in [1.54, 1.807) is 0 Å². The molecule has 4 nitrogen and oxygen atoms in total. The van der Waals surface area contributed by atoms with Gasteiger partial charge in [-0.15, -0.1) is 0 Å². The molecule has 0 aliphatic carbocycles. The lowest BCUT2D eigenvalue weighted by molar-refractivity contribution is -0.137. The first-order valence-electron chi connectivity index (χ1n) is 11.1. The molecule has 0 saturated heterocycles. The summed E-state index contributed by atoms with van der Waals surface area (Å²) in [6.45, 7) is 2.05. The summed E-state index contributed by atoms with van der Waals surface area (Å²) >= 11 is 0. The van der Waals surface area contributed by atoms with Gasteiger partial charge in [-0.2, -0.15) is 13.2 Å². The summed E-state index contributed by atoms with van der Waals surface area (Å²) in [4.78, 5) is 12.0. The zero-order valence-corrected chi connectivity index (χ0v) is 18.8. The third-order valence-corrected chi connectivity index (χ3v) is 5.35. The van der Waals surface area contributed by atoms with Gasteiger partial charge >= 0.3 is 6.18 Å². The van der Waals surface area contributed by atoms with Gasteiger partial charge in [-0.05, 0) is 36.2 Å². The number of benzene rings is 2. The molecule has 0 bridgehead atoms. The zero-order valence-electron chi connectivity index (χ0n) is 18.8. The second-order valence-corrected chi connectivity index (χ2v) is 8.05. The van der Waals surface area contributed by atoms with Gasteiger partial charge in [0.05, 0.1) is 22.6 Å². The molecule has 34 heavy (non-hydrogen) atoms. The molecule has 0 unspecified atom stereocenters. The average molecular weight is 490 g/mol. The molecule has 0 aromatic heterocycles. The first-order valence-corrected chi connectivity index (χ1v) is 11.1. The highest BCUT2D eigenvalue weighted by atomic mass is 19.4. The molecule has 1 amide bonds. The summed E-state index contributed by atoms with van der Waals surface area (Å²) < 4.78 is 80.7. The Morgan fingerprint density at radius 3 is 2.21 bits per heavy atom. The number of amides is 1. The van der Waals surface area contributed by atoms with Gasteiger partial charge in [0.25, 0.3) is 5.91 Å². The van der Waals surface area contributed by atoms with Crippen molar-refractivity contribution in [3.63, 3.8) is 0 Å². The first-order chi connectivity index (χ1) is 16.0. The van der Waals surface area contributed by atoms with Crippen molar-refractivity contribution in [1.29, 1.82) is 0 Å². The van der Waals surface area contributed by atoms with E-state index in [0.29, 0.717) is 12.0 Å². The van der Waals surface area contributed by atoms with Crippen molar-refractivity contribution in [3.05, 3.63) is 53.3 Å². The molecule has 2 atom stereocenters. The highest BCUT2D eigenvalue weighted by Crippen LogP contribution is 2.31. The number of rotatable bonds is 12. The number of carbonyl (C=O) groups is 1. The van der Waals surface area contributed by atoms with E-state index in [4.69, 9.17) is 5.73 Å². The summed E-state index contributed by atoms with van der Waals surface area (Å²) in [5, 5.41) is 4.81. The van der Waals surface area contributed by atoms with Crippen LogP contribution in [-0.2, 0) is 17.5 Å². The second kappa shape index (κ2) is 12.5. The Labute approximate surface area is 194 Å². The number of nitrogens with one attached hydrogen (secondary N) is 2. The average Bonchev–Trinajstić information content (AvgIpc) is 2.80. The van der Waals surface area contributed by atoms with E-state index >= 15 is 0 Å². The number of anilines is 3. The fourth-order valence-electron chi connectivity index (χ4n) is 3.30. The Morgan fingerprint density at radius 2 is 1.59 bits per heavy atom. The molecule has 0 fully saturated rings. The van der Waals surface area contributed by atoms with Crippen LogP contribution in [0.1, 0.15) is 56.6 Å². The van der Waals surface area contributed by atoms with Crippen molar-refractivity contribution >= 4 is 23.0 Å². The molecule has 2 rings (SSSR count). The molecule has 4 N–H and O–H groups in total. The Kier molecular flexibility index (Phi) is 10.1. The van der Waals surface area contributed by atoms with Crippen molar-refractivity contribution in [2.45, 2.75) is 70.5 Å². The molecule has 0 radical (unpaired) electrons. The Bertz CT molecular complexity index is 934. The fourth-order valence-corrected chi connectivity index (χ4v) is 3.30. The number of halogens is 6. The van der Waals surface area contributed by atoms with Crippen LogP contribution in [0.2, 0.25) is 0 Å². The fraction of sp³-hybridized carbons (Fsp3) is 0.458. The third kappa shape index (κ3) is 7.85. The van der Waals surface area contributed by atoms with E-state index < -0.39 is 41.5 Å². The lowest BCUT2D eigenvalue weighted by atomic mass is 10.1. The molecule has 2 aromatic rings. The number of nitrogens with two attached hydrogens (primary N) is 1. The van der Waals surface area contributed by atoms with Crippen LogP contribution in [0.15, 0.2) is 36.4 Å². The van der Waals surface area contributed by atoms with Crippen LogP contribution in [0.5, 0.6) is 0 Å². The molecule has 0 aliphatic heterocycles. The minimum absolute atomic E-state index is 0.00848. The van der Waals surface area contributed by atoms with E-state index in [2.05, 4.69) is 10.6 Å². The Hall–Kier alpha value is -2.91. The minimum atomic E-state index is -4.46. The second-order valence-electron chi connectivity index (χ2n) is 8.05. The molecule has 0 saturated carbocycles. The lowest BCUT2D eigenvalue weighted by Gasteiger charge is -2.16. The maximum Gasteiger partial charge on any atom is 0.416 e. The van der Waals surface area contributed by atoms with Crippen molar-refractivity contribution in [3.8, 4) is 0 Å². The molecule has 188 valence electrons. The van der Waals surface area contributed by atoms with Crippen molar-refractivity contribution in [1.82, 2.24) is 0 Å². The monoisotopic (exact) mass is 489 g/mol. The van der Waals surface area contributed by atoms with Crippen molar-refractivity contribution in [2.75, 3.05) is 16.4 Å². The third-order valence-electron chi connectivity index (χ3n) is 5.35. The van der Waals surface area contributed by atoms with E-state index in [-0.39, 0.29) is 24.3 Å². The van der Waals surface area contributed by atoms with E-state index in [1.807, 2.05) is 6.92 Å². The number of nitrogen functional groups attached to an aromatic ring is 1. The maximum absolute atomic E-state index is 14.6. The Balaban J connectivity index is 1.93. The van der Waals surface area contributed by atoms with Crippen LogP contribution in [0.25, 0.3) is 0 Å². The topological polar surface area (TPSA) is 67.2 Å². The summed E-state index contributed by atoms with van der Waals surface area (Å²) in [5.74, 6) is -2.19. The van der Waals surface area contributed by atoms with E-state index in [0.717, 1.165) is 37.8 Å². The quantitative estimate of drug-likeness (QED) is 0.171. The summed E-state index contributed by atoms with van der Waals surface area (Å²) in [7, 11) is 0. The molecule has 2 aromatic carbocycles. The van der Waals surface area contributed by atoms with Gasteiger partial charge in [-0.3, -0.25) is 4.79 Å². The van der Waals surface area contributed by atoms with Gasteiger partial charge in [0.2, 0.25) is 6.17 Å². The lowest BCUT2D eigenvalue weighted by Crippen LogP contribution is -2.32. The number of alkyl halides is 5. The van der Waals surface area contributed by atoms with Crippen molar-refractivity contribution < 1.29 is 31.1 Å². The smallest absolute Gasteiger partial charge is 0.395 e. The summed E-state index contributed by atoms with van der Waals surface area (Å²) in [6, 6.07) is 6.80. The number of unbranched alkanes of at least 4 members (excludes halogenated alkanes) is 4. The zero-order chi connectivity index (χ0) is 25.3. The van der Waals surface area contributed by atoms with Crippen LogP contribution in [0.4, 0.5) is 43.4 Å². The highest BCUT2D eigenvalue weighted by molar-refractivity contribution is 5.97. The summed E-state index contributed by atoms with van der Waals surface area (Å²) in [6.07, 6.45) is -4.76. The Morgan fingerprint density at radius 1 is 0.971 bits per heavy atom. The van der Waals surface area contributed by atoms with Crippen LogP contribution in [0.3, 0.4) is 0 Å². The number of carbonyl (C=O) groups excluding carboxylic acids is 1. The number of hydrogen-bond acceptors (Lipinski definition) is 3. The van der Waals surface area contributed by atoms with Gasteiger partial charge in [0.15, 0.2) is 5.82 Å². The molecule has 0 spiro atoms. The molecule has 10 heteroatoms. The molecule has 0 heterocycles. The van der Waals surface area contributed by atoms with Crippen LogP contribution >= 0.6 is 0 Å². The highest BCUT2D eigenvalue weighted by Gasteiger charge is 2.30. The predicted molar refractivity (Wildman–Crippen MR) is 121 cm³/mol. The SMILES string of the molecule is CCCCCCC[C@@H](F)[C@@H](F)C(=O)Nc1ccc(NCc2ccc(C(F)(F)F)cc2)c(F)c1N. The first kappa shape index (κ1) is 27.3. The van der Waals surface area contributed by atoms with Crippen LogP contribution in [0, 0.1) is 5.82 Å². The number of hydrogen-bond donors (Lipinski definition) is 3. The normalized spacial score (nSPS) is 13.4. The predicted octanol–water partition coefficient (Wildman–Crippen LogP) is 7.01. The van der Waals surface area contributed by atoms with Gasteiger partial charge in [0, 0.05) is 6.54 Å². The van der Waals surface area contributed by atoms with Gasteiger partial charge in [0.1, 0.15) is 6.17 Å². The molecular weight excluding hydrogens is 460 g/mol. The van der Waals surface area contributed by atoms with Crippen LogP contribution < -0.4 is 16.4 Å². The summed E-state index contributed by atoms with van der Waals surface area (Å²) in [5.41, 5.74) is 4.61. The van der Waals surface area contributed by atoms with Crippen molar-refractivity contribution in [2.24, 2.45) is 0 Å². The molecular formula is C24H29F6N3O. The minimum Gasteiger partial charge on any atom is -0.395 e. The molecule has 0 aliphatic rings. The standard InChI is InChI=1S/C24H29F6N3O/c1-2-3-4-5-6-7-17(25)20(26)23(34)33-19-13-12-18(21(27)22(19)31)32-14-15-8-10-16(11-9-15)24(28,29)30/h8-13,17,20,32H,2-7,14,31H2,1H3,(H,33,34)/t17-,20-/m1/s1.